The van der Waals surface area contributed by atoms with Crippen molar-refractivity contribution >= 4 is 22.7 Å². The van der Waals surface area contributed by atoms with Crippen LogP contribution >= 0.6 is 0 Å². The Kier molecular flexibility index (Phi) is 4.99. The summed E-state index contributed by atoms with van der Waals surface area (Å²) in [6, 6.07) is 18.5. The summed E-state index contributed by atoms with van der Waals surface area (Å²) in [5.41, 5.74) is 7.32. The van der Waals surface area contributed by atoms with Crippen LogP contribution in [0.1, 0.15) is 24.3 Å². The van der Waals surface area contributed by atoms with Crippen molar-refractivity contribution in [2.45, 2.75) is 13.0 Å². The second kappa shape index (κ2) is 7.53. The van der Waals surface area contributed by atoms with Crippen LogP contribution in [0.25, 0.3) is 11.0 Å². The molecule has 3 N–H and O–H groups in total. The maximum absolute atomic E-state index is 12.0. The first kappa shape index (κ1) is 16.6. The number of rotatable bonds is 6. The molecule has 25 heavy (non-hydrogen) atoms. The molecule has 1 amide bonds. The third kappa shape index (κ3) is 4.17. The van der Waals surface area contributed by atoms with Crippen LogP contribution in [0.15, 0.2) is 70.2 Å². The first-order chi connectivity index (χ1) is 12.1. The summed E-state index contributed by atoms with van der Waals surface area (Å²) in [5, 5.41) is 7.56. The zero-order valence-corrected chi connectivity index (χ0v) is 13.8. The fourth-order valence-corrected chi connectivity index (χ4v) is 2.39. The van der Waals surface area contributed by atoms with Gasteiger partial charge in [-0.2, -0.15) is 0 Å². The van der Waals surface area contributed by atoms with E-state index in [2.05, 4.69) is 10.5 Å². The van der Waals surface area contributed by atoms with Crippen molar-refractivity contribution in [1.29, 1.82) is 0 Å². The largest absolute Gasteiger partial charge is 0.459 e. The van der Waals surface area contributed by atoms with Crippen LogP contribution in [0, 0.1) is 0 Å². The van der Waals surface area contributed by atoms with Crippen LogP contribution in [0.5, 0.6) is 0 Å². The highest BCUT2D eigenvalue weighted by Crippen LogP contribution is 2.23. The second-order valence-electron chi connectivity index (χ2n) is 5.59. The predicted molar refractivity (Wildman–Crippen MR) is 95.9 cm³/mol. The van der Waals surface area contributed by atoms with Gasteiger partial charge >= 0.3 is 0 Å². The molecule has 0 aliphatic heterocycles. The average molecular weight is 337 g/mol. The lowest BCUT2D eigenvalue weighted by atomic mass is 10.2. The van der Waals surface area contributed by atoms with Crippen molar-refractivity contribution in [3.63, 3.8) is 0 Å². The summed E-state index contributed by atoms with van der Waals surface area (Å²) in [7, 11) is 0. The van der Waals surface area contributed by atoms with E-state index in [0.717, 1.165) is 16.5 Å². The van der Waals surface area contributed by atoms with Gasteiger partial charge in [0.2, 0.25) is 0 Å². The molecule has 3 rings (SSSR count). The lowest BCUT2D eigenvalue weighted by Gasteiger charge is -2.10. The van der Waals surface area contributed by atoms with Crippen molar-refractivity contribution in [1.82, 2.24) is 5.32 Å². The molecule has 1 unspecified atom stereocenters. The molecule has 0 saturated heterocycles. The van der Waals surface area contributed by atoms with Crippen LogP contribution in [-0.4, -0.2) is 18.3 Å². The monoisotopic (exact) mass is 337 g/mol. The number of hydrogen-bond acceptors (Lipinski definition) is 4. The van der Waals surface area contributed by atoms with Gasteiger partial charge in [0.05, 0.1) is 6.04 Å². The van der Waals surface area contributed by atoms with Crippen molar-refractivity contribution < 1.29 is 14.0 Å². The molecule has 2 aromatic carbocycles. The van der Waals surface area contributed by atoms with Gasteiger partial charge in [-0.3, -0.25) is 4.79 Å². The van der Waals surface area contributed by atoms with E-state index in [1.807, 2.05) is 67.6 Å². The molecule has 0 fully saturated rings. The Morgan fingerprint density at radius 3 is 2.68 bits per heavy atom. The molecule has 6 nitrogen and oxygen atoms in total. The second-order valence-corrected chi connectivity index (χ2v) is 5.59. The highest BCUT2D eigenvalue weighted by atomic mass is 16.6. The van der Waals surface area contributed by atoms with Crippen molar-refractivity contribution in [2.75, 3.05) is 6.61 Å². The summed E-state index contributed by atoms with van der Waals surface area (Å²) in [6.07, 6.45) is 0. The number of benzene rings is 2. The van der Waals surface area contributed by atoms with E-state index in [1.165, 1.54) is 0 Å². The number of fused-ring (bicyclic) bond motifs is 1. The van der Waals surface area contributed by atoms with Gasteiger partial charge in [-0.05, 0) is 19.1 Å². The van der Waals surface area contributed by atoms with Gasteiger partial charge < -0.3 is 20.3 Å². The summed E-state index contributed by atoms with van der Waals surface area (Å²) in [4.78, 5) is 17.0. The first-order valence-corrected chi connectivity index (χ1v) is 7.92. The van der Waals surface area contributed by atoms with Crippen LogP contribution in [-0.2, 0) is 9.63 Å². The van der Waals surface area contributed by atoms with Gasteiger partial charge in [-0.25, -0.2) is 0 Å². The van der Waals surface area contributed by atoms with Gasteiger partial charge in [-0.15, -0.1) is 0 Å². The zero-order chi connectivity index (χ0) is 17.6. The number of nitrogens with zero attached hydrogens (tertiary/aromatic N) is 1. The molecule has 1 aromatic heterocycles. The van der Waals surface area contributed by atoms with E-state index in [4.69, 9.17) is 15.0 Å². The Hall–Kier alpha value is -3.28. The smallest absolute Gasteiger partial charge is 0.261 e. The lowest BCUT2D eigenvalue weighted by Crippen LogP contribution is -2.29. The predicted octanol–water partition coefficient (Wildman–Crippen LogP) is 2.95. The number of oxime groups is 1. The summed E-state index contributed by atoms with van der Waals surface area (Å²) in [6.45, 7) is 1.62. The van der Waals surface area contributed by atoms with Crippen LogP contribution in [0.3, 0.4) is 0 Å². The maximum Gasteiger partial charge on any atom is 0.261 e. The number of amidine groups is 1. The Labute approximate surface area is 145 Å². The lowest BCUT2D eigenvalue weighted by molar-refractivity contribution is -0.126. The highest BCUT2D eigenvalue weighted by Gasteiger charge is 2.14. The number of nitrogens with two attached hydrogens (primary N) is 1. The van der Waals surface area contributed by atoms with Crippen LogP contribution < -0.4 is 11.1 Å². The molecule has 0 spiro atoms. The molecular formula is C19H19N3O3. The first-order valence-electron chi connectivity index (χ1n) is 7.92. The van der Waals surface area contributed by atoms with Crippen LogP contribution in [0.2, 0.25) is 0 Å². The van der Waals surface area contributed by atoms with Gasteiger partial charge in [0.25, 0.3) is 5.91 Å². The number of nitrogens with one attached hydrogen (secondary N) is 1. The Bertz CT molecular complexity index is 854. The molecule has 1 heterocycles. The standard InChI is InChI=1S/C19H19N3O3/c1-13(17-11-15-9-5-6-10-16(15)25-17)21-18(23)12-24-22-19(20)14-7-3-2-4-8-14/h2-11,13H,12H2,1H3,(H2,20,22)(H,21,23). The minimum absolute atomic E-state index is 0.221. The zero-order valence-electron chi connectivity index (χ0n) is 13.8. The highest BCUT2D eigenvalue weighted by molar-refractivity contribution is 5.97. The number of carbonyl (C=O) groups is 1. The fraction of sp³-hybridized carbons (Fsp3) is 0.158. The number of amides is 1. The maximum atomic E-state index is 12.0. The van der Waals surface area contributed by atoms with Crippen molar-refractivity contribution in [3.8, 4) is 0 Å². The molecule has 0 radical (unpaired) electrons. The summed E-state index contributed by atoms with van der Waals surface area (Å²) >= 11 is 0. The van der Waals surface area contributed by atoms with E-state index < -0.39 is 0 Å². The Morgan fingerprint density at radius 1 is 1.20 bits per heavy atom. The van der Waals surface area contributed by atoms with Crippen molar-refractivity contribution in [2.24, 2.45) is 10.9 Å². The molecule has 0 saturated carbocycles. The fourth-order valence-electron chi connectivity index (χ4n) is 2.39. The number of para-hydroxylation sites is 1. The molecule has 6 heteroatoms. The molecule has 0 bridgehead atoms. The number of furan rings is 1. The van der Waals surface area contributed by atoms with Gasteiger partial charge in [0, 0.05) is 10.9 Å². The van der Waals surface area contributed by atoms with Gasteiger partial charge in [0.15, 0.2) is 12.4 Å². The quantitative estimate of drug-likeness (QED) is 0.411. The summed E-state index contributed by atoms with van der Waals surface area (Å²) < 4.78 is 5.73. The van der Waals surface area contributed by atoms with Crippen molar-refractivity contribution in [3.05, 3.63) is 72.0 Å². The number of carbonyl (C=O) groups excluding carboxylic acids is 1. The minimum atomic E-state index is -0.308. The van der Waals surface area contributed by atoms with E-state index in [-0.39, 0.29) is 24.4 Å². The van der Waals surface area contributed by atoms with E-state index in [0.29, 0.717) is 5.76 Å². The molecule has 0 aliphatic carbocycles. The Morgan fingerprint density at radius 2 is 1.92 bits per heavy atom. The SMILES string of the molecule is CC(NC(=O)CON=C(N)c1ccccc1)c1cc2ccccc2o1. The van der Waals surface area contributed by atoms with Gasteiger partial charge in [-0.1, -0.05) is 53.7 Å². The third-order valence-corrected chi connectivity index (χ3v) is 3.68. The topological polar surface area (TPSA) is 89.8 Å². The van der Waals surface area contributed by atoms with E-state index in [1.54, 1.807) is 0 Å². The summed E-state index contributed by atoms with van der Waals surface area (Å²) in [5.74, 6) is 0.596. The number of hydrogen-bond donors (Lipinski definition) is 2. The molecule has 1 atom stereocenters. The van der Waals surface area contributed by atoms with E-state index in [9.17, 15) is 4.79 Å². The molecule has 0 aliphatic rings. The van der Waals surface area contributed by atoms with Crippen LogP contribution in [0.4, 0.5) is 0 Å². The molecular weight excluding hydrogens is 318 g/mol. The Balaban J connectivity index is 1.53. The van der Waals surface area contributed by atoms with E-state index >= 15 is 0 Å². The molecule has 3 aromatic rings. The van der Waals surface area contributed by atoms with Gasteiger partial charge in [0.1, 0.15) is 11.3 Å². The molecule has 128 valence electrons. The minimum Gasteiger partial charge on any atom is -0.459 e. The average Bonchev–Trinajstić information content (AvgIpc) is 3.06. The normalized spacial score (nSPS) is 12.8. The third-order valence-electron chi connectivity index (χ3n) is 3.68.